The Hall–Kier alpha value is -1.57. The van der Waals surface area contributed by atoms with Gasteiger partial charge in [0.1, 0.15) is 5.75 Å². The first-order valence-corrected chi connectivity index (χ1v) is 6.45. The number of hydrogen-bond acceptors (Lipinski definition) is 4. The number of nitrogens with zero attached hydrogens (tertiary/aromatic N) is 2. The molecular formula is C15H20N2O2. The predicted molar refractivity (Wildman–Crippen MR) is 72.4 cm³/mol. The van der Waals surface area contributed by atoms with Crippen LogP contribution in [0, 0.1) is 11.3 Å². The SMILES string of the molecule is COc1ccc([C@@H]2C[C@H](C#N)ON2C(C)(C)C)cc1. The Morgan fingerprint density at radius 1 is 1.32 bits per heavy atom. The number of benzene rings is 1. The van der Waals surface area contributed by atoms with E-state index >= 15 is 0 Å². The van der Waals surface area contributed by atoms with E-state index in [1.54, 1.807) is 7.11 Å². The summed E-state index contributed by atoms with van der Waals surface area (Å²) in [7, 11) is 1.65. The van der Waals surface area contributed by atoms with Crippen molar-refractivity contribution in [2.45, 2.75) is 44.9 Å². The Bertz CT molecular complexity index is 470. The van der Waals surface area contributed by atoms with Crippen LogP contribution < -0.4 is 4.74 Å². The molecule has 0 amide bonds. The van der Waals surface area contributed by atoms with E-state index in [0.717, 1.165) is 11.3 Å². The molecule has 0 saturated carbocycles. The molecule has 0 aromatic heterocycles. The number of hydroxylamine groups is 2. The molecule has 2 atom stereocenters. The molecule has 1 saturated heterocycles. The molecule has 2 rings (SSSR count). The molecule has 0 spiro atoms. The Labute approximate surface area is 114 Å². The molecule has 0 bridgehead atoms. The van der Waals surface area contributed by atoms with Crippen LogP contribution in [0.2, 0.25) is 0 Å². The van der Waals surface area contributed by atoms with Crippen LogP contribution in [0.25, 0.3) is 0 Å². The first-order valence-electron chi connectivity index (χ1n) is 6.45. The zero-order chi connectivity index (χ0) is 14.0. The van der Waals surface area contributed by atoms with Gasteiger partial charge in [-0.1, -0.05) is 12.1 Å². The summed E-state index contributed by atoms with van der Waals surface area (Å²) in [5, 5.41) is 11.0. The maximum absolute atomic E-state index is 9.07. The average Bonchev–Trinajstić information content (AvgIpc) is 2.83. The van der Waals surface area contributed by atoms with Crippen LogP contribution in [0.5, 0.6) is 5.75 Å². The van der Waals surface area contributed by atoms with Gasteiger partial charge in [-0.25, -0.2) is 0 Å². The van der Waals surface area contributed by atoms with E-state index in [1.807, 2.05) is 29.3 Å². The second-order valence-electron chi connectivity index (χ2n) is 5.74. The van der Waals surface area contributed by atoms with Gasteiger partial charge in [0.25, 0.3) is 0 Å². The molecule has 0 radical (unpaired) electrons. The summed E-state index contributed by atoms with van der Waals surface area (Å²) >= 11 is 0. The van der Waals surface area contributed by atoms with Crippen LogP contribution in [0.3, 0.4) is 0 Å². The molecule has 1 fully saturated rings. The van der Waals surface area contributed by atoms with Crippen LogP contribution in [-0.2, 0) is 4.84 Å². The van der Waals surface area contributed by atoms with Gasteiger partial charge >= 0.3 is 0 Å². The van der Waals surface area contributed by atoms with Crippen LogP contribution >= 0.6 is 0 Å². The summed E-state index contributed by atoms with van der Waals surface area (Å²) in [4.78, 5) is 5.74. The van der Waals surface area contributed by atoms with Crippen molar-refractivity contribution in [3.63, 3.8) is 0 Å². The maximum Gasteiger partial charge on any atom is 0.167 e. The third-order valence-electron chi connectivity index (χ3n) is 3.27. The summed E-state index contributed by atoms with van der Waals surface area (Å²) in [6.07, 6.45) is 0.325. The molecule has 4 nitrogen and oxygen atoms in total. The van der Waals surface area contributed by atoms with Gasteiger partial charge in [-0.15, -0.1) is 0 Å². The lowest BCUT2D eigenvalue weighted by Gasteiger charge is -2.34. The van der Waals surface area contributed by atoms with E-state index in [4.69, 9.17) is 14.8 Å². The second kappa shape index (κ2) is 5.20. The quantitative estimate of drug-likeness (QED) is 0.819. The van der Waals surface area contributed by atoms with Crippen LogP contribution in [-0.4, -0.2) is 23.8 Å². The smallest absolute Gasteiger partial charge is 0.167 e. The lowest BCUT2D eigenvalue weighted by Crippen LogP contribution is -2.40. The van der Waals surface area contributed by atoms with Crippen molar-refractivity contribution < 1.29 is 9.57 Å². The van der Waals surface area contributed by atoms with E-state index in [1.165, 1.54) is 0 Å². The van der Waals surface area contributed by atoms with Gasteiger partial charge in [0.05, 0.1) is 19.2 Å². The van der Waals surface area contributed by atoms with E-state index in [2.05, 4.69) is 26.8 Å². The van der Waals surface area contributed by atoms with Crippen molar-refractivity contribution in [2.24, 2.45) is 0 Å². The first-order chi connectivity index (χ1) is 8.95. The zero-order valence-corrected chi connectivity index (χ0v) is 11.9. The lowest BCUT2D eigenvalue weighted by molar-refractivity contribution is -0.203. The highest BCUT2D eigenvalue weighted by atomic mass is 16.7. The van der Waals surface area contributed by atoms with Gasteiger partial charge in [0.2, 0.25) is 0 Å². The normalized spacial score (nSPS) is 24.2. The highest BCUT2D eigenvalue weighted by Gasteiger charge is 2.40. The molecule has 4 heteroatoms. The van der Waals surface area contributed by atoms with Crippen molar-refractivity contribution in [2.75, 3.05) is 7.11 Å². The van der Waals surface area contributed by atoms with Crippen LogP contribution in [0.15, 0.2) is 24.3 Å². The Balaban J connectivity index is 2.27. The monoisotopic (exact) mass is 260 g/mol. The van der Waals surface area contributed by atoms with E-state index in [-0.39, 0.29) is 17.7 Å². The standard InChI is InChI=1S/C15H20N2O2/c1-15(2,3)17-14(9-13(10-16)19-17)11-5-7-12(18-4)8-6-11/h5-8,13-14H,9H2,1-4H3/t13-,14+/m1/s1. The Morgan fingerprint density at radius 3 is 2.42 bits per heavy atom. The minimum atomic E-state index is -0.369. The summed E-state index contributed by atoms with van der Waals surface area (Å²) < 4.78 is 5.17. The molecule has 0 unspecified atom stereocenters. The molecule has 0 aliphatic carbocycles. The molecule has 19 heavy (non-hydrogen) atoms. The summed E-state index contributed by atoms with van der Waals surface area (Å²) in [5.41, 5.74) is 1.00. The minimum Gasteiger partial charge on any atom is -0.497 e. The van der Waals surface area contributed by atoms with Crippen molar-refractivity contribution in [3.8, 4) is 11.8 Å². The topological polar surface area (TPSA) is 45.5 Å². The molecule has 0 N–H and O–H groups in total. The molecule has 1 aromatic carbocycles. The molecule has 1 aromatic rings. The number of rotatable bonds is 2. The van der Waals surface area contributed by atoms with Gasteiger partial charge in [-0.2, -0.15) is 10.3 Å². The van der Waals surface area contributed by atoms with Crippen molar-refractivity contribution >= 4 is 0 Å². The molecule has 1 heterocycles. The predicted octanol–water partition coefficient (Wildman–Crippen LogP) is 3.06. The van der Waals surface area contributed by atoms with Crippen molar-refractivity contribution in [1.82, 2.24) is 5.06 Å². The molecule has 1 aliphatic rings. The van der Waals surface area contributed by atoms with Crippen molar-refractivity contribution in [3.05, 3.63) is 29.8 Å². The highest BCUT2D eigenvalue weighted by Crippen LogP contribution is 2.39. The van der Waals surface area contributed by atoms with Gasteiger partial charge < -0.3 is 4.74 Å². The summed E-state index contributed by atoms with van der Waals surface area (Å²) in [5.74, 6) is 0.835. The third kappa shape index (κ3) is 2.89. The van der Waals surface area contributed by atoms with Gasteiger partial charge in [-0.3, -0.25) is 4.84 Å². The number of nitriles is 1. The Kier molecular flexibility index (Phi) is 3.79. The fourth-order valence-corrected chi connectivity index (χ4v) is 2.35. The second-order valence-corrected chi connectivity index (χ2v) is 5.74. The third-order valence-corrected chi connectivity index (χ3v) is 3.27. The number of ether oxygens (including phenoxy) is 1. The lowest BCUT2D eigenvalue weighted by atomic mass is 9.98. The summed E-state index contributed by atoms with van der Waals surface area (Å²) in [6, 6.07) is 10.3. The fraction of sp³-hybridized carbons (Fsp3) is 0.533. The van der Waals surface area contributed by atoms with E-state index < -0.39 is 0 Å². The van der Waals surface area contributed by atoms with E-state index in [0.29, 0.717) is 6.42 Å². The zero-order valence-electron chi connectivity index (χ0n) is 11.9. The average molecular weight is 260 g/mol. The Morgan fingerprint density at radius 2 is 1.95 bits per heavy atom. The van der Waals surface area contributed by atoms with Crippen LogP contribution in [0.1, 0.15) is 38.8 Å². The van der Waals surface area contributed by atoms with Gasteiger partial charge in [-0.05, 0) is 38.5 Å². The van der Waals surface area contributed by atoms with Gasteiger partial charge in [0.15, 0.2) is 6.10 Å². The number of methoxy groups -OCH3 is 1. The maximum atomic E-state index is 9.07. The summed E-state index contributed by atoms with van der Waals surface area (Å²) in [6.45, 7) is 6.26. The largest absolute Gasteiger partial charge is 0.497 e. The van der Waals surface area contributed by atoms with Crippen LogP contribution in [0.4, 0.5) is 0 Å². The highest BCUT2D eigenvalue weighted by molar-refractivity contribution is 5.30. The van der Waals surface area contributed by atoms with E-state index in [9.17, 15) is 0 Å². The number of hydrogen-bond donors (Lipinski definition) is 0. The minimum absolute atomic E-state index is 0.107. The molecule has 1 aliphatic heterocycles. The first kappa shape index (κ1) is 13.9. The van der Waals surface area contributed by atoms with Gasteiger partial charge in [0, 0.05) is 12.0 Å². The fourth-order valence-electron chi connectivity index (χ4n) is 2.35. The van der Waals surface area contributed by atoms with Crippen molar-refractivity contribution in [1.29, 1.82) is 5.26 Å². The molecular weight excluding hydrogens is 240 g/mol. The molecule has 102 valence electrons.